The number of nitrogens with zero attached hydrogens (tertiary/aromatic N) is 5. The van der Waals surface area contributed by atoms with Crippen molar-refractivity contribution in [1.29, 1.82) is 0 Å². The molecule has 4 aromatic rings. The lowest BCUT2D eigenvalue weighted by molar-refractivity contribution is -0.0387. The van der Waals surface area contributed by atoms with Crippen LogP contribution in [0, 0.1) is 11.7 Å². The molecule has 8 nitrogen and oxygen atoms in total. The Kier molecular flexibility index (Phi) is 6.62. The third kappa shape index (κ3) is 5.02. The van der Waals surface area contributed by atoms with Gasteiger partial charge in [0.25, 0.3) is 0 Å². The molecular formula is C30H40FN7O. The van der Waals surface area contributed by atoms with E-state index in [1.54, 1.807) is 4.57 Å². The number of nitrogen functional groups attached to an aromatic ring is 1. The lowest BCUT2D eigenvalue weighted by Gasteiger charge is -2.45. The molecule has 0 amide bonds. The SMILES string of the molecule is CC(C)N(CC1CCC(n2cc(F)c3c(N)ncnc32)O1)C1CC(Cc2nc3ccc(C(C)(C)C)cc3[nH]2)C1. The summed E-state index contributed by atoms with van der Waals surface area (Å²) in [5.41, 5.74) is 10.0. The zero-order valence-electron chi connectivity index (χ0n) is 23.6. The lowest BCUT2D eigenvalue weighted by atomic mass is 9.76. The summed E-state index contributed by atoms with van der Waals surface area (Å²) in [6, 6.07) is 7.56. The number of benzene rings is 1. The van der Waals surface area contributed by atoms with Crippen molar-refractivity contribution in [3.8, 4) is 0 Å². The molecule has 39 heavy (non-hydrogen) atoms. The molecule has 6 rings (SSSR count). The molecule has 9 heteroatoms. The van der Waals surface area contributed by atoms with E-state index in [4.69, 9.17) is 15.5 Å². The molecule has 1 saturated carbocycles. The maximum absolute atomic E-state index is 14.6. The first-order valence-electron chi connectivity index (χ1n) is 14.2. The number of hydrogen-bond donors (Lipinski definition) is 2. The van der Waals surface area contributed by atoms with Gasteiger partial charge in [0.2, 0.25) is 0 Å². The minimum absolute atomic E-state index is 0.100. The van der Waals surface area contributed by atoms with Gasteiger partial charge in [0, 0.05) is 31.2 Å². The highest BCUT2D eigenvalue weighted by Crippen LogP contribution is 2.38. The Morgan fingerprint density at radius 1 is 1.21 bits per heavy atom. The van der Waals surface area contributed by atoms with Crippen molar-refractivity contribution >= 4 is 27.9 Å². The molecule has 208 valence electrons. The molecule has 1 aromatic carbocycles. The molecular weight excluding hydrogens is 493 g/mol. The van der Waals surface area contributed by atoms with Crippen molar-refractivity contribution in [3.05, 3.63) is 47.9 Å². The molecule has 4 heterocycles. The number of hydrogen-bond acceptors (Lipinski definition) is 6. The number of halogens is 1. The van der Waals surface area contributed by atoms with Crippen LogP contribution >= 0.6 is 0 Å². The summed E-state index contributed by atoms with van der Waals surface area (Å²) in [7, 11) is 0. The summed E-state index contributed by atoms with van der Waals surface area (Å²) in [5.74, 6) is 1.48. The summed E-state index contributed by atoms with van der Waals surface area (Å²) in [6.07, 6.45) is 7.76. The Hall–Kier alpha value is -3.04. The summed E-state index contributed by atoms with van der Waals surface area (Å²) in [4.78, 5) is 19.3. The number of nitrogens with one attached hydrogen (secondary N) is 1. The van der Waals surface area contributed by atoms with E-state index in [1.807, 2.05) is 0 Å². The predicted octanol–water partition coefficient (Wildman–Crippen LogP) is 5.74. The molecule has 0 radical (unpaired) electrons. The van der Waals surface area contributed by atoms with Gasteiger partial charge in [-0.2, -0.15) is 0 Å². The molecule has 1 aliphatic carbocycles. The van der Waals surface area contributed by atoms with Crippen LogP contribution in [0.2, 0.25) is 0 Å². The highest BCUT2D eigenvalue weighted by atomic mass is 19.1. The Morgan fingerprint density at radius 3 is 2.74 bits per heavy atom. The second-order valence-electron chi connectivity index (χ2n) is 12.8. The van der Waals surface area contributed by atoms with Crippen LogP contribution in [0.3, 0.4) is 0 Å². The highest BCUT2D eigenvalue weighted by molar-refractivity contribution is 5.86. The minimum Gasteiger partial charge on any atom is -0.383 e. The van der Waals surface area contributed by atoms with Gasteiger partial charge in [-0.05, 0) is 68.6 Å². The quantitative estimate of drug-likeness (QED) is 0.315. The minimum atomic E-state index is -0.404. The molecule has 2 aliphatic rings. The number of ether oxygens (including phenoxy) is 1. The molecule has 1 aliphatic heterocycles. The van der Waals surface area contributed by atoms with E-state index in [1.165, 1.54) is 30.9 Å². The fourth-order valence-corrected chi connectivity index (χ4v) is 6.36. The Labute approximate surface area is 229 Å². The Morgan fingerprint density at radius 2 is 2.00 bits per heavy atom. The van der Waals surface area contributed by atoms with Gasteiger partial charge in [-0.3, -0.25) is 4.90 Å². The molecule has 2 fully saturated rings. The standard InChI is InChI=1S/C30H40FN7O/c1-17(2)37(14-21-7-9-26(39-21)38-15-22(31)27-28(32)33-16-34-29(27)38)20-10-18(11-20)12-25-35-23-8-6-19(30(3,4)5)13-24(23)36-25/h6,8,13,15-18,20-21,26H,7,9-12,14H2,1-5H3,(H,35,36)(H2,32,33,34). The molecule has 0 bridgehead atoms. The first-order valence-corrected chi connectivity index (χ1v) is 14.2. The maximum atomic E-state index is 14.6. The van der Waals surface area contributed by atoms with E-state index in [-0.39, 0.29) is 29.0 Å². The number of H-pyrrole nitrogens is 1. The first-order chi connectivity index (χ1) is 18.6. The number of imidazole rings is 1. The van der Waals surface area contributed by atoms with E-state index in [0.29, 0.717) is 23.6 Å². The number of rotatable bonds is 7. The van der Waals surface area contributed by atoms with Gasteiger partial charge in [0.05, 0.1) is 22.5 Å². The van der Waals surface area contributed by atoms with Crippen LogP contribution in [0.1, 0.15) is 77.9 Å². The third-order valence-electron chi connectivity index (χ3n) is 8.62. The smallest absolute Gasteiger partial charge is 0.154 e. The number of aromatic nitrogens is 5. The lowest BCUT2D eigenvalue weighted by Crippen LogP contribution is -2.51. The summed E-state index contributed by atoms with van der Waals surface area (Å²) < 4.78 is 22.8. The highest BCUT2D eigenvalue weighted by Gasteiger charge is 2.38. The largest absolute Gasteiger partial charge is 0.383 e. The molecule has 2 atom stereocenters. The van der Waals surface area contributed by atoms with Crippen molar-refractivity contribution < 1.29 is 9.13 Å². The normalized spacial score (nSPS) is 23.9. The van der Waals surface area contributed by atoms with Gasteiger partial charge in [-0.15, -0.1) is 0 Å². The van der Waals surface area contributed by atoms with Gasteiger partial charge in [0.15, 0.2) is 11.5 Å². The molecule has 0 spiro atoms. The molecule has 2 unspecified atom stereocenters. The fourth-order valence-electron chi connectivity index (χ4n) is 6.36. The van der Waals surface area contributed by atoms with E-state index < -0.39 is 5.82 Å². The Balaban J connectivity index is 1.06. The summed E-state index contributed by atoms with van der Waals surface area (Å²) in [6.45, 7) is 12.1. The van der Waals surface area contributed by atoms with Crippen molar-refractivity contribution in [2.45, 2.75) is 96.6 Å². The second-order valence-corrected chi connectivity index (χ2v) is 12.8. The van der Waals surface area contributed by atoms with Crippen LogP contribution in [-0.2, 0) is 16.6 Å². The van der Waals surface area contributed by atoms with E-state index in [9.17, 15) is 4.39 Å². The van der Waals surface area contributed by atoms with Crippen molar-refractivity contribution in [3.63, 3.8) is 0 Å². The zero-order valence-corrected chi connectivity index (χ0v) is 23.6. The predicted molar refractivity (Wildman–Crippen MR) is 152 cm³/mol. The van der Waals surface area contributed by atoms with Gasteiger partial charge in [-0.1, -0.05) is 26.8 Å². The van der Waals surface area contributed by atoms with Crippen molar-refractivity contribution in [2.24, 2.45) is 5.92 Å². The van der Waals surface area contributed by atoms with E-state index >= 15 is 0 Å². The average Bonchev–Trinajstić information content (AvgIpc) is 3.56. The van der Waals surface area contributed by atoms with Crippen molar-refractivity contribution in [2.75, 3.05) is 12.3 Å². The maximum Gasteiger partial charge on any atom is 0.154 e. The van der Waals surface area contributed by atoms with Crippen LogP contribution in [0.5, 0.6) is 0 Å². The average molecular weight is 534 g/mol. The third-order valence-corrected chi connectivity index (χ3v) is 8.62. The fraction of sp³-hybridized carbons (Fsp3) is 0.567. The van der Waals surface area contributed by atoms with Crippen LogP contribution in [-0.4, -0.2) is 54.1 Å². The molecule has 3 aromatic heterocycles. The zero-order chi connectivity index (χ0) is 27.5. The van der Waals surface area contributed by atoms with E-state index in [0.717, 1.165) is 42.7 Å². The summed E-state index contributed by atoms with van der Waals surface area (Å²) >= 11 is 0. The van der Waals surface area contributed by atoms with Crippen LogP contribution in [0.4, 0.5) is 10.2 Å². The van der Waals surface area contributed by atoms with Gasteiger partial charge in [-0.25, -0.2) is 19.3 Å². The Bertz CT molecular complexity index is 1480. The molecule has 1 saturated heterocycles. The van der Waals surface area contributed by atoms with Crippen LogP contribution in [0.25, 0.3) is 22.1 Å². The number of fused-ring (bicyclic) bond motifs is 2. The monoisotopic (exact) mass is 533 g/mol. The first kappa shape index (κ1) is 26.2. The second kappa shape index (κ2) is 9.86. The number of aromatic amines is 1. The number of nitrogens with two attached hydrogens (primary N) is 1. The molecule has 3 N–H and O–H groups in total. The topological polar surface area (TPSA) is 97.9 Å². The van der Waals surface area contributed by atoms with Crippen LogP contribution < -0.4 is 5.73 Å². The van der Waals surface area contributed by atoms with Crippen molar-refractivity contribution in [1.82, 2.24) is 29.4 Å². The van der Waals surface area contributed by atoms with Gasteiger partial charge >= 0.3 is 0 Å². The van der Waals surface area contributed by atoms with E-state index in [2.05, 4.69) is 72.7 Å². The van der Waals surface area contributed by atoms with Gasteiger partial charge < -0.3 is 20.0 Å². The van der Waals surface area contributed by atoms with Crippen LogP contribution in [0.15, 0.2) is 30.7 Å². The number of anilines is 1. The van der Waals surface area contributed by atoms with Gasteiger partial charge in [0.1, 0.15) is 24.2 Å². The summed E-state index contributed by atoms with van der Waals surface area (Å²) in [5, 5.41) is 0.271.